The standard InChI is InChI=1S/C9H19NO2/c1-2-4-10-7-9-6-8(11)3-5-12-9/h8-11H,2-7H2,1H3/t8-,9-/m0/s1. The van der Waals surface area contributed by atoms with E-state index in [0.29, 0.717) is 6.61 Å². The number of hydrogen-bond donors (Lipinski definition) is 2. The number of ether oxygens (including phenoxy) is 1. The van der Waals surface area contributed by atoms with Gasteiger partial charge in [-0.25, -0.2) is 0 Å². The van der Waals surface area contributed by atoms with Crippen molar-refractivity contribution in [1.82, 2.24) is 5.32 Å². The van der Waals surface area contributed by atoms with E-state index in [1.165, 1.54) is 0 Å². The van der Waals surface area contributed by atoms with Crippen LogP contribution in [0.4, 0.5) is 0 Å². The van der Waals surface area contributed by atoms with Crippen molar-refractivity contribution < 1.29 is 9.84 Å². The Balaban J connectivity index is 2.06. The van der Waals surface area contributed by atoms with Crippen molar-refractivity contribution in [3.8, 4) is 0 Å². The Morgan fingerprint density at radius 1 is 1.58 bits per heavy atom. The van der Waals surface area contributed by atoms with Crippen molar-refractivity contribution in [2.45, 2.75) is 38.4 Å². The average molecular weight is 173 g/mol. The predicted octanol–water partition coefficient (Wildman–Crippen LogP) is 0.526. The molecule has 0 aromatic rings. The predicted molar refractivity (Wildman–Crippen MR) is 48.1 cm³/mol. The minimum Gasteiger partial charge on any atom is -0.393 e. The van der Waals surface area contributed by atoms with E-state index in [9.17, 15) is 5.11 Å². The fourth-order valence-corrected chi connectivity index (χ4v) is 1.44. The first-order valence-corrected chi connectivity index (χ1v) is 4.83. The Bertz CT molecular complexity index is 119. The largest absolute Gasteiger partial charge is 0.393 e. The van der Waals surface area contributed by atoms with Crippen LogP contribution < -0.4 is 5.32 Å². The summed E-state index contributed by atoms with van der Waals surface area (Å²) in [5.41, 5.74) is 0. The van der Waals surface area contributed by atoms with Crippen molar-refractivity contribution in [3.63, 3.8) is 0 Å². The molecule has 0 spiro atoms. The molecule has 12 heavy (non-hydrogen) atoms. The summed E-state index contributed by atoms with van der Waals surface area (Å²) in [5.74, 6) is 0. The molecule has 0 aromatic carbocycles. The van der Waals surface area contributed by atoms with Crippen LogP contribution in [-0.4, -0.2) is 37.0 Å². The molecule has 0 unspecified atom stereocenters. The number of hydrogen-bond acceptors (Lipinski definition) is 3. The van der Waals surface area contributed by atoms with Crippen LogP contribution in [0.1, 0.15) is 26.2 Å². The minimum absolute atomic E-state index is 0.146. The molecule has 1 saturated heterocycles. The second-order valence-electron chi connectivity index (χ2n) is 3.38. The normalized spacial score (nSPS) is 30.5. The summed E-state index contributed by atoms with van der Waals surface area (Å²) in [7, 11) is 0. The van der Waals surface area contributed by atoms with Crippen molar-refractivity contribution in [2.75, 3.05) is 19.7 Å². The number of nitrogens with one attached hydrogen (secondary N) is 1. The summed E-state index contributed by atoms with van der Waals surface area (Å²) >= 11 is 0. The molecular weight excluding hydrogens is 154 g/mol. The fourth-order valence-electron chi connectivity index (χ4n) is 1.44. The fraction of sp³-hybridized carbons (Fsp3) is 1.00. The van der Waals surface area contributed by atoms with Crippen LogP contribution in [0.3, 0.4) is 0 Å². The van der Waals surface area contributed by atoms with Gasteiger partial charge in [0, 0.05) is 19.6 Å². The molecule has 3 heteroatoms. The van der Waals surface area contributed by atoms with Crippen LogP contribution in [0.5, 0.6) is 0 Å². The Morgan fingerprint density at radius 3 is 3.08 bits per heavy atom. The zero-order valence-electron chi connectivity index (χ0n) is 7.75. The topological polar surface area (TPSA) is 41.5 Å². The zero-order chi connectivity index (χ0) is 8.81. The van der Waals surface area contributed by atoms with E-state index in [2.05, 4.69) is 12.2 Å². The van der Waals surface area contributed by atoms with Gasteiger partial charge in [-0.1, -0.05) is 6.92 Å². The van der Waals surface area contributed by atoms with Gasteiger partial charge in [-0.3, -0.25) is 0 Å². The summed E-state index contributed by atoms with van der Waals surface area (Å²) < 4.78 is 5.47. The maximum Gasteiger partial charge on any atom is 0.0724 e. The first kappa shape index (κ1) is 9.96. The second-order valence-corrected chi connectivity index (χ2v) is 3.38. The third kappa shape index (κ3) is 3.52. The average Bonchev–Trinajstić information content (AvgIpc) is 2.05. The van der Waals surface area contributed by atoms with E-state index < -0.39 is 0 Å². The Labute approximate surface area is 74.1 Å². The lowest BCUT2D eigenvalue weighted by Crippen LogP contribution is -2.36. The molecule has 0 bridgehead atoms. The third-order valence-electron chi connectivity index (χ3n) is 2.14. The lowest BCUT2D eigenvalue weighted by molar-refractivity contribution is -0.0416. The first-order valence-electron chi connectivity index (χ1n) is 4.83. The monoisotopic (exact) mass is 173 g/mol. The van der Waals surface area contributed by atoms with Gasteiger partial charge in [0.1, 0.15) is 0 Å². The first-order chi connectivity index (χ1) is 5.83. The highest BCUT2D eigenvalue weighted by Crippen LogP contribution is 2.12. The molecule has 2 atom stereocenters. The lowest BCUT2D eigenvalue weighted by atomic mass is 10.1. The summed E-state index contributed by atoms with van der Waals surface area (Å²) in [5, 5.41) is 12.6. The number of rotatable bonds is 4. The highest BCUT2D eigenvalue weighted by atomic mass is 16.5. The zero-order valence-corrected chi connectivity index (χ0v) is 7.75. The van der Waals surface area contributed by atoms with Crippen LogP contribution in [0.15, 0.2) is 0 Å². The molecule has 0 radical (unpaired) electrons. The molecule has 72 valence electrons. The molecule has 1 fully saturated rings. The van der Waals surface area contributed by atoms with Gasteiger partial charge < -0.3 is 15.2 Å². The summed E-state index contributed by atoms with van der Waals surface area (Å²) in [6.07, 6.45) is 2.81. The highest BCUT2D eigenvalue weighted by molar-refractivity contribution is 4.72. The number of aliphatic hydroxyl groups is 1. The quantitative estimate of drug-likeness (QED) is 0.609. The molecule has 1 aliphatic heterocycles. The molecule has 0 saturated carbocycles. The molecule has 0 amide bonds. The molecule has 1 aliphatic rings. The van der Waals surface area contributed by atoms with Gasteiger partial charge in [-0.2, -0.15) is 0 Å². The van der Waals surface area contributed by atoms with Crippen LogP contribution >= 0.6 is 0 Å². The van der Waals surface area contributed by atoms with Crippen LogP contribution in [-0.2, 0) is 4.74 Å². The summed E-state index contributed by atoms with van der Waals surface area (Å²) in [6, 6.07) is 0. The SMILES string of the molecule is CCCNC[C@@H]1C[C@@H](O)CCO1. The van der Waals surface area contributed by atoms with E-state index >= 15 is 0 Å². The van der Waals surface area contributed by atoms with Crippen molar-refractivity contribution in [2.24, 2.45) is 0 Å². The van der Waals surface area contributed by atoms with E-state index in [1.54, 1.807) is 0 Å². The lowest BCUT2D eigenvalue weighted by Gasteiger charge is -2.26. The van der Waals surface area contributed by atoms with Gasteiger partial charge in [0.2, 0.25) is 0 Å². The van der Waals surface area contributed by atoms with Crippen molar-refractivity contribution in [1.29, 1.82) is 0 Å². The molecule has 1 rings (SSSR count). The van der Waals surface area contributed by atoms with E-state index in [-0.39, 0.29) is 12.2 Å². The van der Waals surface area contributed by atoms with Gasteiger partial charge in [0.25, 0.3) is 0 Å². The Hall–Kier alpha value is -0.120. The smallest absolute Gasteiger partial charge is 0.0724 e. The Morgan fingerprint density at radius 2 is 2.42 bits per heavy atom. The molecule has 2 N–H and O–H groups in total. The van der Waals surface area contributed by atoms with E-state index in [4.69, 9.17) is 4.74 Å². The maximum absolute atomic E-state index is 9.33. The van der Waals surface area contributed by atoms with Gasteiger partial charge in [-0.05, 0) is 19.4 Å². The summed E-state index contributed by atoms with van der Waals surface area (Å²) in [4.78, 5) is 0. The van der Waals surface area contributed by atoms with E-state index in [0.717, 1.165) is 32.4 Å². The van der Waals surface area contributed by atoms with Gasteiger partial charge >= 0.3 is 0 Å². The molecule has 1 heterocycles. The van der Waals surface area contributed by atoms with Crippen LogP contribution in [0, 0.1) is 0 Å². The number of aliphatic hydroxyl groups excluding tert-OH is 1. The van der Waals surface area contributed by atoms with Crippen LogP contribution in [0.2, 0.25) is 0 Å². The minimum atomic E-state index is -0.146. The Kier molecular flexibility index (Phi) is 4.58. The van der Waals surface area contributed by atoms with Crippen molar-refractivity contribution in [3.05, 3.63) is 0 Å². The van der Waals surface area contributed by atoms with Crippen molar-refractivity contribution >= 4 is 0 Å². The van der Waals surface area contributed by atoms with Gasteiger partial charge in [0.05, 0.1) is 12.2 Å². The second kappa shape index (κ2) is 5.51. The van der Waals surface area contributed by atoms with E-state index in [1.807, 2.05) is 0 Å². The maximum atomic E-state index is 9.33. The molecule has 3 nitrogen and oxygen atoms in total. The van der Waals surface area contributed by atoms with Crippen LogP contribution in [0.25, 0.3) is 0 Å². The molecule has 0 aromatic heterocycles. The summed E-state index contributed by atoms with van der Waals surface area (Å²) in [6.45, 7) is 4.77. The van der Waals surface area contributed by atoms with Gasteiger partial charge in [-0.15, -0.1) is 0 Å². The van der Waals surface area contributed by atoms with Gasteiger partial charge in [0.15, 0.2) is 0 Å². The third-order valence-corrected chi connectivity index (χ3v) is 2.14. The molecule has 0 aliphatic carbocycles. The highest BCUT2D eigenvalue weighted by Gasteiger charge is 2.19. The molecular formula is C9H19NO2.